The maximum absolute atomic E-state index is 12.1. The van der Waals surface area contributed by atoms with Crippen LogP contribution in [0.4, 0.5) is 0 Å². The van der Waals surface area contributed by atoms with Gasteiger partial charge in [-0.15, -0.1) is 0 Å². The number of nitrogens with one attached hydrogen (secondary N) is 1. The summed E-state index contributed by atoms with van der Waals surface area (Å²) in [5, 5.41) is 3.07. The third-order valence-electron chi connectivity index (χ3n) is 3.49. The topological polar surface area (TPSA) is 75.7 Å². The zero-order chi connectivity index (χ0) is 15.3. The van der Waals surface area contributed by atoms with Gasteiger partial charge in [-0.3, -0.25) is 19.3 Å². The zero-order valence-corrected chi connectivity index (χ0v) is 12.7. The van der Waals surface area contributed by atoms with Gasteiger partial charge in [0.25, 0.3) is 0 Å². The SMILES string of the molecule is CCCNC(CCN1C(=O)CC(C)(C)C1=O)C(=O)OC. The van der Waals surface area contributed by atoms with Gasteiger partial charge in [0.05, 0.1) is 12.5 Å². The molecule has 0 aromatic heterocycles. The molecule has 0 aliphatic carbocycles. The molecule has 0 bridgehead atoms. The fraction of sp³-hybridized carbons (Fsp3) is 0.786. The largest absolute Gasteiger partial charge is 0.468 e. The number of imide groups is 1. The van der Waals surface area contributed by atoms with Crippen LogP contribution in [0.1, 0.15) is 40.0 Å². The third-order valence-corrected chi connectivity index (χ3v) is 3.49. The highest BCUT2D eigenvalue weighted by atomic mass is 16.5. The summed E-state index contributed by atoms with van der Waals surface area (Å²) in [6, 6.07) is -0.482. The zero-order valence-electron chi connectivity index (χ0n) is 12.7. The van der Waals surface area contributed by atoms with Crippen molar-refractivity contribution in [3.05, 3.63) is 0 Å². The van der Waals surface area contributed by atoms with Crippen molar-refractivity contribution in [3.8, 4) is 0 Å². The molecule has 6 nitrogen and oxygen atoms in total. The quantitative estimate of drug-likeness (QED) is 0.550. The highest BCUT2D eigenvalue weighted by Gasteiger charge is 2.44. The van der Waals surface area contributed by atoms with Gasteiger partial charge in [0, 0.05) is 13.0 Å². The summed E-state index contributed by atoms with van der Waals surface area (Å²) >= 11 is 0. The minimum atomic E-state index is -0.630. The van der Waals surface area contributed by atoms with Gasteiger partial charge < -0.3 is 10.1 Å². The molecule has 0 spiro atoms. The predicted molar refractivity (Wildman–Crippen MR) is 73.8 cm³/mol. The summed E-state index contributed by atoms with van der Waals surface area (Å²) in [7, 11) is 1.33. The predicted octanol–water partition coefficient (Wildman–Crippen LogP) is 0.703. The molecule has 0 aromatic rings. The first-order valence-electron chi connectivity index (χ1n) is 6.99. The van der Waals surface area contributed by atoms with Gasteiger partial charge in [0.2, 0.25) is 11.8 Å². The molecule has 1 saturated heterocycles. The fourth-order valence-corrected chi connectivity index (χ4v) is 2.28. The van der Waals surface area contributed by atoms with E-state index in [0.29, 0.717) is 13.0 Å². The Hall–Kier alpha value is -1.43. The first-order valence-corrected chi connectivity index (χ1v) is 6.99. The van der Waals surface area contributed by atoms with Gasteiger partial charge in [0.15, 0.2) is 0 Å². The maximum Gasteiger partial charge on any atom is 0.322 e. The molecule has 0 aromatic carbocycles. The van der Waals surface area contributed by atoms with Gasteiger partial charge in [-0.1, -0.05) is 20.8 Å². The van der Waals surface area contributed by atoms with E-state index >= 15 is 0 Å². The monoisotopic (exact) mass is 284 g/mol. The lowest BCUT2D eigenvalue weighted by molar-refractivity contribution is -0.145. The first kappa shape index (κ1) is 16.6. The molecular formula is C14H24N2O4. The average molecular weight is 284 g/mol. The van der Waals surface area contributed by atoms with Crippen LogP contribution in [0, 0.1) is 5.41 Å². The Morgan fingerprint density at radius 2 is 2.10 bits per heavy atom. The minimum absolute atomic E-state index is 0.165. The van der Waals surface area contributed by atoms with Crippen molar-refractivity contribution in [3.63, 3.8) is 0 Å². The second-order valence-electron chi connectivity index (χ2n) is 5.73. The Morgan fingerprint density at radius 1 is 1.45 bits per heavy atom. The summed E-state index contributed by atoms with van der Waals surface area (Å²) in [6.45, 7) is 6.46. The van der Waals surface area contributed by atoms with Gasteiger partial charge in [-0.25, -0.2) is 0 Å². The molecule has 1 N–H and O–H groups in total. The summed E-state index contributed by atoms with van der Waals surface area (Å²) in [6.07, 6.45) is 1.50. The van der Waals surface area contributed by atoms with Gasteiger partial charge in [-0.05, 0) is 19.4 Å². The Kier molecular flexibility index (Phi) is 5.68. The molecule has 1 aliphatic heterocycles. The number of hydrogen-bond acceptors (Lipinski definition) is 5. The highest BCUT2D eigenvalue weighted by Crippen LogP contribution is 2.31. The van der Waals surface area contributed by atoms with Crippen LogP contribution in [0.25, 0.3) is 0 Å². The molecule has 1 unspecified atom stereocenters. The third kappa shape index (κ3) is 3.79. The van der Waals surface area contributed by atoms with Crippen LogP contribution in [-0.2, 0) is 19.1 Å². The molecule has 0 saturated carbocycles. The second-order valence-corrected chi connectivity index (χ2v) is 5.73. The van der Waals surface area contributed by atoms with Crippen LogP contribution < -0.4 is 5.32 Å². The molecule has 1 fully saturated rings. The number of methoxy groups -OCH3 is 1. The van der Waals surface area contributed by atoms with E-state index in [0.717, 1.165) is 6.42 Å². The van der Waals surface area contributed by atoms with Crippen LogP contribution in [0.3, 0.4) is 0 Å². The normalized spacial score (nSPS) is 19.3. The Labute approximate surface area is 119 Å². The number of likely N-dealkylation sites (tertiary alicyclic amines) is 1. The van der Waals surface area contributed by atoms with Crippen molar-refractivity contribution in [1.82, 2.24) is 10.2 Å². The van der Waals surface area contributed by atoms with Crippen molar-refractivity contribution in [2.45, 2.75) is 46.1 Å². The lowest BCUT2D eigenvalue weighted by Crippen LogP contribution is -2.42. The summed E-state index contributed by atoms with van der Waals surface area (Å²) in [4.78, 5) is 36.8. The number of carbonyl (C=O) groups is 3. The van der Waals surface area contributed by atoms with E-state index in [1.165, 1.54) is 12.0 Å². The Balaban J connectivity index is 2.61. The van der Waals surface area contributed by atoms with E-state index in [-0.39, 0.29) is 30.7 Å². The first-order chi connectivity index (χ1) is 9.33. The minimum Gasteiger partial charge on any atom is -0.468 e. The fourth-order valence-electron chi connectivity index (χ4n) is 2.28. The second kappa shape index (κ2) is 6.83. The van der Waals surface area contributed by atoms with Crippen molar-refractivity contribution >= 4 is 17.8 Å². The van der Waals surface area contributed by atoms with Crippen molar-refractivity contribution in [1.29, 1.82) is 0 Å². The van der Waals surface area contributed by atoms with Crippen LogP contribution >= 0.6 is 0 Å². The molecule has 20 heavy (non-hydrogen) atoms. The molecule has 1 aliphatic rings. The molecule has 1 atom stereocenters. The maximum atomic E-state index is 12.1. The number of rotatable bonds is 7. The number of nitrogens with zero attached hydrogens (tertiary/aromatic N) is 1. The number of carbonyl (C=O) groups excluding carboxylic acids is 3. The van der Waals surface area contributed by atoms with Crippen molar-refractivity contribution in [2.75, 3.05) is 20.2 Å². The van der Waals surface area contributed by atoms with Crippen molar-refractivity contribution in [2.24, 2.45) is 5.41 Å². The molecule has 1 rings (SSSR count). The molecule has 6 heteroatoms. The Morgan fingerprint density at radius 3 is 2.55 bits per heavy atom. The van der Waals surface area contributed by atoms with E-state index in [2.05, 4.69) is 5.32 Å². The van der Waals surface area contributed by atoms with Crippen LogP contribution in [0.2, 0.25) is 0 Å². The summed E-state index contributed by atoms with van der Waals surface area (Å²) in [5.41, 5.74) is -0.630. The van der Waals surface area contributed by atoms with Crippen LogP contribution in [0.15, 0.2) is 0 Å². The molecule has 2 amide bonds. The number of ether oxygens (including phenoxy) is 1. The molecule has 0 radical (unpaired) electrons. The van der Waals surface area contributed by atoms with Crippen LogP contribution in [0.5, 0.6) is 0 Å². The molecular weight excluding hydrogens is 260 g/mol. The lowest BCUT2D eigenvalue weighted by atomic mass is 9.92. The molecule has 114 valence electrons. The van der Waals surface area contributed by atoms with Gasteiger partial charge in [-0.2, -0.15) is 0 Å². The summed E-state index contributed by atoms with van der Waals surface area (Å²) in [5.74, 6) is -0.697. The van der Waals surface area contributed by atoms with Gasteiger partial charge >= 0.3 is 5.97 Å². The number of esters is 1. The van der Waals surface area contributed by atoms with Crippen LogP contribution in [-0.4, -0.2) is 48.9 Å². The lowest BCUT2D eigenvalue weighted by Gasteiger charge is -2.21. The van der Waals surface area contributed by atoms with E-state index in [4.69, 9.17) is 4.74 Å². The average Bonchev–Trinajstić information content (AvgIpc) is 2.59. The van der Waals surface area contributed by atoms with E-state index < -0.39 is 11.5 Å². The van der Waals surface area contributed by atoms with E-state index in [9.17, 15) is 14.4 Å². The number of amides is 2. The molecule has 1 heterocycles. The van der Waals surface area contributed by atoms with Gasteiger partial charge in [0.1, 0.15) is 6.04 Å². The number of hydrogen-bond donors (Lipinski definition) is 1. The standard InChI is InChI=1S/C14H24N2O4/c1-5-7-15-10(12(18)20-4)6-8-16-11(17)9-14(2,3)13(16)19/h10,15H,5-9H2,1-4H3. The smallest absolute Gasteiger partial charge is 0.322 e. The highest BCUT2D eigenvalue weighted by molar-refractivity contribution is 6.05. The van der Waals surface area contributed by atoms with E-state index in [1.807, 2.05) is 6.92 Å². The summed E-state index contributed by atoms with van der Waals surface area (Å²) < 4.78 is 4.73. The van der Waals surface area contributed by atoms with E-state index in [1.54, 1.807) is 13.8 Å². The Bertz CT molecular complexity index is 393. The van der Waals surface area contributed by atoms with Crippen molar-refractivity contribution < 1.29 is 19.1 Å².